The van der Waals surface area contributed by atoms with Crippen molar-refractivity contribution in [3.63, 3.8) is 0 Å². The van der Waals surface area contributed by atoms with Gasteiger partial charge in [-0.05, 0) is 12.1 Å². The van der Waals surface area contributed by atoms with E-state index in [0.717, 1.165) is 11.3 Å². The highest BCUT2D eigenvalue weighted by Crippen LogP contribution is 2.21. The number of hydrogen-bond donors (Lipinski definition) is 0. The molecule has 0 bridgehead atoms. The van der Waals surface area contributed by atoms with E-state index in [9.17, 15) is 0 Å². The third-order valence-corrected chi connectivity index (χ3v) is 2.99. The van der Waals surface area contributed by atoms with Crippen molar-refractivity contribution in [2.75, 3.05) is 0 Å². The Hall–Kier alpha value is -3.24. The second-order valence-electron chi connectivity index (χ2n) is 4.23. The van der Waals surface area contributed by atoms with Crippen molar-refractivity contribution < 1.29 is 0 Å². The highest BCUT2D eigenvalue weighted by Gasteiger charge is 2.07. The summed E-state index contributed by atoms with van der Waals surface area (Å²) in [6.45, 7) is 0. The molecule has 0 aliphatic carbocycles. The number of hydrogen-bond acceptors (Lipinski definition) is 4. The second-order valence-corrected chi connectivity index (χ2v) is 4.23. The van der Waals surface area contributed by atoms with Crippen molar-refractivity contribution >= 4 is 11.0 Å². The molecule has 1 heterocycles. The minimum Gasteiger partial charge on any atom is -0.252 e. The molecule has 0 radical (unpaired) electrons. The van der Waals surface area contributed by atoms with Gasteiger partial charge in [-0.3, -0.25) is 4.98 Å². The lowest BCUT2D eigenvalue weighted by Gasteiger charge is -2.03. The highest BCUT2D eigenvalue weighted by molar-refractivity contribution is 5.80. The summed E-state index contributed by atoms with van der Waals surface area (Å²) < 4.78 is 0. The van der Waals surface area contributed by atoms with E-state index in [1.54, 1.807) is 18.3 Å². The standard InChI is InChI=1S/C16H8N4/c17-8-12-6-14-15(7-13(12)9-18)20-16(10-19-14)11-4-2-1-3-5-11/h1-7,10H. The summed E-state index contributed by atoms with van der Waals surface area (Å²) in [4.78, 5) is 8.82. The molecule has 4 heteroatoms. The third kappa shape index (κ3) is 1.96. The Morgan fingerprint density at radius 1 is 0.850 bits per heavy atom. The molecule has 0 saturated carbocycles. The summed E-state index contributed by atoms with van der Waals surface area (Å²) in [5.74, 6) is 0. The monoisotopic (exact) mass is 256 g/mol. The molecule has 0 aliphatic rings. The molecule has 0 spiro atoms. The van der Waals surface area contributed by atoms with E-state index in [1.807, 2.05) is 42.5 Å². The van der Waals surface area contributed by atoms with Gasteiger partial charge >= 0.3 is 0 Å². The van der Waals surface area contributed by atoms with Crippen LogP contribution < -0.4 is 0 Å². The molecule has 92 valence electrons. The van der Waals surface area contributed by atoms with Crippen LogP contribution in [0.3, 0.4) is 0 Å². The maximum atomic E-state index is 9.05. The molecule has 3 aromatic rings. The molecule has 0 aliphatic heterocycles. The van der Waals surface area contributed by atoms with Crippen LogP contribution in [0.4, 0.5) is 0 Å². The summed E-state index contributed by atoms with van der Waals surface area (Å²) in [7, 11) is 0. The fourth-order valence-corrected chi connectivity index (χ4v) is 1.99. The number of nitrogens with zero attached hydrogens (tertiary/aromatic N) is 4. The Bertz CT molecular complexity index is 871. The average Bonchev–Trinajstić information content (AvgIpc) is 2.53. The van der Waals surface area contributed by atoms with E-state index in [0.29, 0.717) is 22.2 Å². The maximum absolute atomic E-state index is 9.05. The lowest BCUT2D eigenvalue weighted by Crippen LogP contribution is -1.92. The van der Waals surface area contributed by atoms with Crippen LogP contribution in [0.2, 0.25) is 0 Å². The van der Waals surface area contributed by atoms with Crippen molar-refractivity contribution in [3.05, 3.63) is 59.8 Å². The number of nitriles is 2. The Kier molecular flexibility index (Phi) is 2.84. The predicted molar refractivity (Wildman–Crippen MR) is 74.4 cm³/mol. The van der Waals surface area contributed by atoms with E-state index in [2.05, 4.69) is 9.97 Å². The first-order valence-corrected chi connectivity index (χ1v) is 5.98. The first kappa shape index (κ1) is 11.8. The minimum atomic E-state index is 0.319. The van der Waals surface area contributed by atoms with Crippen LogP contribution in [0.15, 0.2) is 48.7 Å². The summed E-state index contributed by atoms with van der Waals surface area (Å²) in [5.41, 5.74) is 3.57. The molecule has 0 fully saturated rings. The van der Waals surface area contributed by atoms with Gasteiger partial charge in [-0.15, -0.1) is 0 Å². The van der Waals surface area contributed by atoms with Gasteiger partial charge in [-0.25, -0.2) is 4.98 Å². The summed E-state index contributed by atoms with van der Waals surface area (Å²) >= 11 is 0. The van der Waals surface area contributed by atoms with Crippen LogP contribution in [0, 0.1) is 22.7 Å². The highest BCUT2D eigenvalue weighted by atomic mass is 14.8. The minimum absolute atomic E-state index is 0.319. The topological polar surface area (TPSA) is 73.4 Å². The molecule has 0 atom stereocenters. The molecule has 1 aromatic heterocycles. The molecular formula is C16H8N4. The van der Waals surface area contributed by atoms with Gasteiger partial charge in [0.2, 0.25) is 0 Å². The van der Waals surface area contributed by atoms with Gasteiger partial charge in [-0.1, -0.05) is 30.3 Å². The van der Waals surface area contributed by atoms with Gasteiger partial charge in [0.25, 0.3) is 0 Å². The van der Waals surface area contributed by atoms with Crippen LogP contribution >= 0.6 is 0 Å². The van der Waals surface area contributed by atoms with E-state index >= 15 is 0 Å². The van der Waals surface area contributed by atoms with Gasteiger partial charge in [-0.2, -0.15) is 10.5 Å². The summed E-state index contributed by atoms with van der Waals surface area (Å²) in [6.07, 6.45) is 1.67. The number of rotatable bonds is 1. The number of fused-ring (bicyclic) bond motifs is 1. The SMILES string of the molecule is N#Cc1cc2ncc(-c3ccccc3)nc2cc1C#N. The van der Waals surface area contributed by atoms with E-state index in [1.165, 1.54) is 0 Å². The molecule has 4 nitrogen and oxygen atoms in total. The number of benzene rings is 2. The van der Waals surface area contributed by atoms with Crippen molar-refractivity contribution in [2.45, 2.75) is 0 Å². The quantitative estimate of drug-likeness (QED) is 0.670. The fraction of sp³-hybridized carbons (Fsp3) is 0. The molecule has 0 saturated heterocycles. The van der Waals surface area contributed by atoms with Crippen molar-refractivity contribution in [1.82, 2.24) is 9.97 Å². The van der Waals surface area contributed by atoms with Gasteiger partial charge in [0.1, 0.15) is 12.1 Å². The van der Waals surface area contributed by atoms with Crippen LogP contribution in [0.1, 0.15) is 11.1 Å². The predicted octanol–water partition coefficient (Wildman–Crippen LogP) is 3.04. The third-order valence-electron chi connectivity index (χ3n) is 2.99. The van der Waals surface area contributed by atoms with Crippen molar-refractivity contribution in [2.24, 2.45) is 0 Å². The lowest BCUT2D eigenvalue weighted by atomic mass is 10.1. The van der Waals surface area contributed by atoms with Gasteiger partial charge in [0.05, 0.1) is 34.1 Å². The van der Waals surface area contributed by atoms with Crippen molar-refractivity contribution in [3.8, 4) is 23.4 Å². The Balaban J connectivity index is 2.22. The van der Waals surface area contributed by atoms with E-state index < -0.39 is 0 Å². The fourth-order valence-electron chi connectivity index (χ4n) is 1.99. The first-order valence-electron chi connectivity index (χ1n) is 5.98. The first-order chi connectivity index (χ1) is 9.81. The molecular weight excluding hydrogens is 248 g/mol. The summed E-state index contributed by atoms with van der Waals surface area (Å²) in [5, 5.41) is 18.0. The summed E-state index contributed by atoms with van der Waals surface area (Å²) in [6, 6.07) is 16.9. The Labute approximate surface area is 115 Å². The lowest BCUT2D eigenvalue weighted by molar-refractivity contribution is 1.28. The molecule has 2 aromatic carbocycles. The van der Waals surface area contributed by atoms with E-state index in [-0.39, 0.29) is 0 Å². The van der Waals surface area contributed by atoms with Crippen LogP contribution in [0.5, 0.6) is 0 Å². The molecule has 0 amide bonds. The van der Waals surface area contributed by atoms with E-state index in [4.69, 9.17) is 10.5 Å². The number of aromatic nitrogens is 2. The molecule has 3 rings (SSSR count). The zero-order chi connectivity index (χ0) is 13.9. The normalized spacial score (nSPS) is 9.90. The zero-order valence-corrected chi connectivity index (χ0v) is 10.4. The zero-order valence-electron chi connectivity index (χ0n) is 10.4. The van der Waals surface area contributed by atoms with Crippen LogP contribution in [-0.4, -0.2) is 9.97 Å². The van der Waals surface area contributed by atoms with Gasteiger partial charge in [0.15, 0.2) is 0 Å². The molecule has 0 unspecified atom stereocenters. The smallest absolute Gasteiger partial charge is 0.101 e. The van der Waals surface area contributed by atoms with Crippen LogP contribution in [-0.2, 0) is 0 Å². The molecule has 0 N–H and O–H groups in total. The molecule has 20 heavy (non-hydrogen) atoms. The van der Waals surface area contributed by atoms with Gasteiger partial charge < -0.3 is 0 Å². The maximum Gasteiger partial charge on any atom is 0.101 e. The van der Waals surface area contributed by atoms with Crippen LogP contribution in [0.25, 0.3) is 22.3 Å². The van der Waals surface area contributed by atoms with Crippen molar-refractivity contribution in [1.29, 1.82) is 10.5 Å². The van der Waals surface area contributed by atoms with Gasteiger partial charge in [0, 0.05) is 5.56 Å². The largest absolute Gasteiger partial charge is 0.252 e. The Morgan fingerprint density at radius 2 is 1.50 bits per heavy atom. The second kappa shape index (κ2) is 4.79. The average molecular weight is 256 g/mol. The Morgan fingerprint density at radius 3 is 2.15 bits per heavy atom.